The highest BCUT2D eigenvalue weighted by Crippen LogP contribution is 2.47. The van der Waals surface area contributed by atoms with E-state index < -0.39 is 22.9 Å². The van der Waals surface area contributed by atoms with Gasteiger partial charge in [0.2, 0.25) is 11.9 Å². The molecule has 120 heavy (non-hydrogen) atoms. The summed E-state index contributed by atoms with van der Waals surface area (Å²) in [5, 5.41) is 12.3. The van der Waals surface area contributed by atoms with Gasteiger partial charge < -0.3 is 4.57 Å². The Bertz CT molecular complexity index is 6600. The highest BCUT2D eigenvalue weighted by molar-refractivity contribution is 7.20. The molecule has 0 fully saturated rings. The Hall–Kier alpha value is -15.3. The highest BCUT2D eigenvalue weighted by atomic mass is 28.3. The van der Waals surface area contributed by atoms with Crippen molar-refractivity contribution >= 4 is 137 Å². The minimum Gasteiger partial charge on any atom is -0.309 e. The van der Waals surface area contributed by atoms with Crippen molar-refractivity contribution < 1.29 is 0 Å². The topological polar surface area (TPSA) is 88.8 Å². The number of rotatable bonds is 17. The van der Waals surface area contributed by atoms with Crippen molar-refractivity contribution in [3.05, 3.63) is 449 Å². The van der Waals surface area contributed by atoms with Gasteiger partial charge in [-0.05, 0) is 117 Å². The highest BCUT2D eigenvalue weighted by Gasteiger charge is 2.48. The summed E-state index contributed by atoms with van der Waals surface area (Å²) in [6.07, 6.45) is 0. The minimum atomic E-state index is -3.09. The summed E-state index contributed by atoms with van der Waals surface area (Å²) in [6, 6.07) is 163. The van der Waals surface area contributed by atoms with E-state index in [0.29, 0.717) is 35.2 Å². The van der Waals surface area contributed by atoms with E-state index in [9.17, 15) is 0 Å². The lowest BCUT2D eigenvalue weighted by molar-refractivity contribution is 1.01. The van der Waals surface area contributed by atoms with Crippen molar-refractivity contribution in [1.29, 1.82) is 0 Å². The fourth-order valence-electron chi connectivity index (χ4n) is 18.9. The Kier molecular flexibility index (Phi) is 17.8. The zero-order valence-electron chi connectivity index (χ0n) is 65.3. The van der Waals surface area contributed by atoms with E-state index in [4.69, 9.17) is 29.9 Å². The number of anilines is 6. The van der Waals surface area contributed by atoms with Crippen LogP contribution in [-0.2, 0) is 0 Å². The van der Waals surface area contributed by atoms with E-state index in [2.05, 4.69) is 451 Å². The first kappa shape index (κ1) is 71.2. The minimum absolute atomic E-state index is 0.413. The Morgan fingerprint density at radius 1 is 0.200 bits per heavy atom. The average Bonchev–Trinajstić information content (AvgIpc) is 0.880. The van der Waals surface area contributed by atoms with Crippen LogP contribution in [0.5, 0.6) is 0 Å². The van der Waals surface area contributed by atoms with Crippen molar-refractivity contribution in [2.75, 3.05) is 9.80 Å². The van der Waals surface area contributed by atoms with Crippen molar-refractivity contribution in [2.45, 2.75) is 0 Å². The second-order valence-corrected chi connectivity index (χ2v) is 38.4. The Labute approximate surface area is 699 Å². The predicted octanol–water partition coefficient (Wildman–Crippen LogP) is 18.0. The van der Waals surface area contributed by atoms with Crippen LogP contribution in [0.2, 0.25) is 0 Å². The van der Waals surface area contributed by atoms with Crippen LogP contribution < -0.4 is 67.7 Å². The summed E-state index contributed by atoms with van der Waals surface area (Å²) >= 11 is 0. The fourth-order valence-corrected chi connectivity index (χ4v) is 28.5. The van der Waals surface area contributed by atoms with Crippen LogP contribution in [0.3, 0.4) is 0 Å². The maximum Gasteiger partial charge on any atom is 0.252 e. The summed E-state index contributed by atoms with van der Waals surface area (Å²) in [5.41, 5.74) is 17.5. The van der Waals surface area contributed by atoms with Crippen LogP contribution in [0.15, 0.2) is 449 Å². The first-order chi connectivity index (χ1) is 59.5. The van der Waals surface area contributed by atoms with E-state index in [1.807, 2.05) is 12.1 Å². The van der Waals surface area contributed by atoms with E-state index in [1.165, 1.54) is 41.5 Å². The molecule has 2 aliphatic rings. The van der Waals surface area contributed by atoms with Crippen LogP contribution in [0.25, 0.3) is 95.3 Å². The zero-order valence-corrected chi connectivity index (χ0v) is 67.3. The smallest absolute Gasteiger partial charge is 0.252 e. The summed E-state index contributed by atoms with van der Waals surface area (Å²) < 4.78 is 2.43. The molecule has 0 radical (unpaired) electrons. The molecule has 0 unspecified atom stereocenters. The van der Waals surface area contributed by atoms with Crippen LogP contribution in [0.1, 0.15) is 0 Å². The molecule has 0 amide bonds. The molecule has 0 aliphatic carbocycles. The van der Waals surface area contributed by atoms with Gasteiger partial charge >= 0.3 is 0 Å². The molecule has 0 saturated carbocycles. The van der Waals surface area contributed by atoms with E-state index in [-0.39, 0.29) is 0 Å². The van der Waals surface area contributed by atoms with Gasteiger partial charge in [-0.25, -0.2) is 9.97 Å². The fraction of sp³-hybridized carbons (Fsp3) is 0. The molecule has 17 aromatic carbocycles. The number of hydrogen-bond donors (Lipinski definition) is 0. The van der Waals surface area contributed by atoms with E-state index >= 15 is 0 Å². The monoisotopic (exact) mass is 1560 g/mol. The molecular formula is C108H74BN9Si2. The SMILES string of the molecule is c1ccc(-c2ccc3c(c2)B2c4cc(-c5ccccc5)ccc4N(c4nc(-c5ccccc5)nc(-c5cccc([Si](c6ccccc6)(c6ccccc6)c6ccccc6)c5)n4)c4cc(-n5c6ccccc6c6ccccc65)cc(c42)N3c2nc(-c3ccccc3)nc(-c3cccc([Si](c4ccccc4)(c4ccccc4)c4ccccc4)c3)n2)cc1. The standard InChI is InChI=1S/C108H74BN9Si2/c1-11-37-75(38-12-1)79-65-67-98-94(71-79)109-95-72-80(76-39-13-2-14-40-76)66-68-99(95)118(108-113-104(78-43-17-4-18-44-78)111-106(115-108)82-46-36-60-91(70-82)120(87-53-25-8-26-54-87,88-55-27-9-28-56-88)89-57-29-10-30-58-89)101-74-83(116-96-63-33-31-61-92(96)93-62-32-34-64-97(93)116)73-100(102(101)109)117(98)107-112-103(77-41-15-3-16-42-77)110-105(114-107)81-45-35-59-90(69-81)119(84-47-19-5-20-48-84,85-49-21-6-22-50-85)86-51-23-7-24-52-86/h1-74H. The number of benzene rings is 17. The first-order valence-corrected chi connectivity index (χ1v) is 44.8. The van der Waals surface area contributed by atoms with Crippen LogP contribution in [-0.4, -0.2) is 57.3 Å². The molecule has 562 valence electrons. The molecule has 2 aliphatic heterocycles. The summed E-state index contributed by atoms with van der Waals surface area (Å²) in [6.45, 7) is -0.413. The average molecular weight is 1560 g/mol. The van der Waals surface area contributed by atoms with Gasteiger partial charge in [-0.3, -0.25) is 9.80 Å². The third-order valence-corrected chi connectivity index (χ3v) is 33.7. The lowest BCUT2D eigenvalue weighted by atomic mass is 9.33. The quantitative estimate of drug-likeness (QED) is 0.0658. The molecule has 0 spiro atoms. The molecule has 20 aromatic rings. The van der Waals surface area contributed by atoms with Crippen molar-refractivity contribution in [1.82, 2.24) is 34.5 Å². The van der Waals surface area contributed by atoms with Crippen molar-refractivity contribution in [3.63, 3.8) is 0 Å². The molecule has 5 heterocycles. The van der Waals surface area contributed by atoms with Crippen LogP contribution in [0.4, 0.5) is 34.6 Å². The van der Waals surface area contributed by atoms with Gasteiger partial charge in [-0.1, -0.05) is 413 Å². The van der Waals surface area contributed by atoms with Crippen molar-refractivity contribution in [2.24, 2.45) is 0 Å². The van der Waals surface area contributed by atoms with Gasteiger partial charge in [0, 0.05) is 55.8 Å². The predicted molar refractivity (Wildman–Crippen MR) is 501 cm³/mol. The van der Waals surface area contributed by atoms with Gasteiger partial charge in [0.15, 0.2) is 39.4 Å². The molecule has 0 atom stereocenters. The summed E-state index contributed by atoms with van der Waals surface area (Å²) in [7, 11) is -6.17. The second-order valence-electron chi connectivity index (χ2n) is 30.8. The molecule has 0 N–H and O–H groups in total. The lowest BCUT2D eigenvalue weighted by Crippen LogP contribution is -2.74. The second kappa shape index (κ2) is 30.1. The summed E-state index contributed by atoms with van der Waals surface area (Å²) in [4.78, 5) is 39.6. The third-order valence-electron chi connectivity index (χ3n) is 24.2. The molecule has 22 rings (SSSR count). The van der Waals surface area contributed by atoms with Gasteiger partial charge in [0.05, 0.1) is 16.7 Å². The van der Waals surface area contributed by atoms with Gasteiger partial charge in [-0.15, -0.1) is 0 Å². The molecule has 3 aromatic heterocycles. The molecule has 0 bridgehead atoms. The number of para-hydroxylation sites is 2. The van der Waals surface area contributed by atoms with Gasteiger partial charge in [-0.2, -0.15) is 19.9 Å². The Morgan fingerprint density at radius 3 is 0.808 bits per heavy atom. The Morgan fingerprint density at radius 2 is 0.475 bits per heavy atom. The Balaban J connectivity index is 0.844. The maximum atomic E-state index is 5.98. The van der Waals surface area contributed by atoms with Gasteiger partial charge in [0.1, 0.15) is 0 Å². The number of hydrogen-bond acceptors (Lipinski definition) is 8. The maximum absolute atomic E-state index is 5.98. The van der Waals surface area contributed by atoms with Crippen LogP contribution >= 0.6 is 0 Å². The lowest BCUT2D eigenvalue weighted by Gasteiger charge is -2.43. The van der Waals surface area contributed by atoms with Crippen molar-refractivity contribution in [3.8, 4) is 73.5 Å². The molecule has 9 nitrogen and oxygen atoms in total. The van der Waals surface area contributed by atoms with Crippen LogP contribution in [0, 0.1) is 0 Å². The normalized spacial score (nSPS) is 12.3. The number of fused-ring (bicyclic) bond motifs is 7. The zero-order chi connectivity index (χ0) is 79.5. The summed E-state index contributed by atoms with van der Waals surface area (Å²) in [5.74, 6) is 3.01. The number of aromatic nitrogens is 7. The third kappa shape index (κ3) is 12.1. The van der Waals surface area contributed by atoms with E-state index in [0.717, 1.165) is 111 Å². The first-order valence-electron chi connectivity index (χ1n) is 40.8. The molecule has 0 saturated heterocycles. The number of nitrogens with zero attached hydrogens (tertiary/aromatic N) is 9. The largest absolute Gasteiger partial charge is 0.309 e. The van der Waals surface area contributed by atoms with E-state index in [1.54, 1.807) is 0 Å². The molecule has 12 heteroatoms. The van der Waals surface area contributed by atoms with Gasteiger partial charge in [0.25, 0.3) is 6.71 Å². The molecular weight excluding hydrogens is 1490 g/mol.